The Hall–Kier alpha value is -4.47. The average molecular weight is 732 g/mol. The third-order valence-corrected chi connectivity index (χ3v) is 8.63. The van der Waals surface area contributed by atoms with E-state index in [1.165, 1.54) is 51.5 Å². The molecule has 0 bridgehead atoms. The van der Waals surface area contributed by atoms with Gasteiger partial charge in [0.05, 0.1) is 35.6 Å². The first-order valence-electron chi connectivity index (χ1n) is 15.4. The van der Waals surface area contributed by atoms with Gasteiger partial charge in [-0.2, -0.15) is 22.7 Å². The molecule has 266 valence electrons. The molecule has 4 aromatic rings. The monoisotopic (exact) mass is 731 g/mol. The number of nitrogens with one attached hydrogen (secondary N) is 1. The van der Waals surface area contributed by atoms with Crippen LogP contribution < -0.4 is 15.4 Å². The van der Waals surface area contributed by atoms with E-state index in [1.54, 1.807) is 14.0 Å². The van der Waals surface area contributed by atoms with Crippen molar-refractivity contribution < 1.29 is 32.2 Å². The summed E-state index contributed by atoms with van der Waals surface area (Å²) in [5, 5.41) is 3.18. The molecule has 0 spiro atoms. The lowest BCUT2D eigenvalue weighted by Gasteiger charge is -2.17. The summed E-state index contributed by atoms with van der Waals surface area (Å²) in [4.78, 5) is 41.7. The van der Waals surface area contributed by atoms with E-state index < -0.39 is 28.6 Å². The standard InChI is InChI=1S/C26H26F4N6O3S.C9H12S/c1-5-6-20(37)15-40-16(2)31-26(39)32-22-12-9-18(13-21(22)27)23-14-24(35(4)33-23)34(3)25(38)17-7-10-19(11-8-17)36(28,29)30;1-7-3-4-9(6-10)8(2)5-7/h7-14H,5-6,15H2,1-4H3;3-5,10H,6H2,1-2H3/p+1/b31-16-;. The molecule has 0 saturated carbocycles. The van der Waals surface area contributed by atoms with Crippen LogP contribution in [-0.4, -0.2) is 45.3 Å². The quantitative estimate of drug-likeness (QED) is 0.0558. The Bertz CT molecular complexity index is 1860. The number of carbonyl (C=O) groups excluding carboxylic acids is 3. The highest BCUT2D eigenvalue weighted by Crippen LogP contribution is 2.29. The van der Waals surface area contributed by atoms with Gasteiger partial charge in [0, 0.05) is 55.6 Å². The van der Waals surface area contributed by atoms with Crippen LogP contribution in [-0.2, 0) is 17.6 Å². The van der Waals surface area contributed by atoms with E-state index in [2.05, 4.69) is 60.1 Å². The molecule has 0 aliphatic carbocycles. The Labute approximate surface area is 298 Å². The maximum atomic E-state index is 14.8. The molecular formula is C35H39F4N6O3S2+. The van der Waals surface area contributed by atoms with Gasteiger partial charge in [-0.1, -0.05) is 36.8 Å². The number of urea groups is 1. The van der Waals surface area contributed by atoms with E-state index in [0.717, 1.165) is 54.3 Å². The first-order chi connectivity index (χ1) is 23.5. The number of ketones is 1. The number of quaternary nitrogens is 1. The molecule has 0 aliphatic heterocycles. The maximum Gasteiger partial charge on any atom is 0.346 e. The molecule has 4 rings (SSSR count). The Morgan fingerprint density at radius 2 is 1.70 bits per heavy atom. The highest BCUT2D eigenvalue weighted by Gasteiger charge is 2.35. The van der Waals surface area contributed by atoms with Crippen LogP contribution in [0.15, 0.2) is 71.7 Å². The molecule has 0 unspecified atom stereocenters. The van der Waals surface area contributed by atoms with Crippen LogP contribution in [0.3, 0.4) is 0 Å². The van der Waals surface area contributed by atoms with Crippen molar-refractivity contribution in [3.63, 3.8) is 0 Å². The van der Waals surface area contributed by atoms with E-state index in [4.69, 9.17) is 0 Å². The smallest absolute Gasteiger partial charge is 0.303 e. The molecule has 1 N–H and O–H groups in total. The number of rotatable bonds is 10. The minimum Gasteiger partial charge on any atom is -0.303 e. The van der Waals surface area contributed by atoms with Gasteiger partial charge >= 0.3 is 6.03 Å². The Balaban J connectivity index is 0.000000578. The number of halogens is 4. The topological polar surface area (TPSA) is 96.7 Å². The Kier molecular flexibility index (Phi) is 14.4. The summed E-state index contributed by atoms with van der Waals surface area (Å²) in [5.41, 5.74) is 3.67. The van der Waals surface area contributed by atoms with Gasteiger partial charge in [-0.15, -0.1) is 11.8 Å². The lowest BCUT2D eigenvalue weighted by molar-refractivity contribution is -0.279. The lowest BCUT2D eigenvalue weighted by Crippen LogP contribution is -2.28. The van der Waals surface area contributed by atoms with Crippen LogP contribution in [0.2, 0.25) is 0 Å². The van der Waals surface area contributed by atoms with Gasteiger partial charge in [-0.05, 0) is 62.6 Å². The molecule has 15 heteroatoms. The second-order valence-electron chi connectivity index (χ2n) is 11.3. The number of carbonyl (C=O) groups is 3. The molecule has 0 fully saturated rings. The fourth-order valence-corrected chi connectivity index (χ4v) is 5.65. The molecule has 1 aromatic heterocycles. The van der Waals surface area contributed by atoms with Crippen molar-refractivity contribution in [1.29, 1.82) is 0 Å². The van der Waals surface area contributed by atoms with Gasteiger partial charge in [-0.25, -0.2) is 9.18 Å². The minimum atomic E-state index is -3.86. The fraction of sp³-hybridized carbons (Fsp3) is 0.286. The molecule has 0 saturated heterocycles. The predicted octanol–water partition coefficient (Wildman–Crippen LogP) is 9.25. The zero-order chi connectivity index (χ0) is 37.2. The van der Waals surface area contributed by atoms with Crippen LogP contribution in [0.25, 0.3) is 11.3 Å². The van der Waals surface area contributed by atoms with Crippen molar-refractivity contribution in [1.82, 2.24) is 14.9 Å². The molecule has 1 heterocycles. The molecule has 0 radical (unpaired) electrons. The fourth-order valence-electron chi connectivity index (χ4n) is 4.64. The summed E-state index contributed by atoms with van der Waals surface area (Å²) >= 11 is 5.35. The van der Waals surface area contributed by atoms with Crippen LogP contribution >= 0.6 is 24.4 Å². The van der Waals surface area contributed by atoms with Gasteiger partial charge in [-0.3, -0.25) is 19.2 Å². The largest absolute Gasteiger partial charge is 0.346 e. The van der Waals surface area contributed by atoms with E-state index in [-0.39, 0.29) is 22.8 Å². The van der Waals surface area contributed by atoms with E-state index in [1.807, 2.05) is 6.92 Å². The third kappa shape index (κ3) is 11.3. The Morgan fingerprint density at radius 3 is 2.28 bits per heavy atom. The SMILES string of the molecule is CCCC(=O)CS/C(C)=N\C(=O)Nc1ccc(-c2cc(N(C)C(=O)c3ccc([N+](F)(F)F)cc3)n(C)n2)cc1F.Cc1ccc(CS)c(C)c1. The van der Waals surface area contributed by atoms with E-state index in [9.17, 15) is 32.2 Å². The van der Waals surface area contributed by atoms with E-state index in [0.29, 0.717) is 28.5 Å². The van der Waals surface area contributed by atoms with Crippen molar-refractivity contribution >= 4 is 64.3 Å². The predicted molar refractivity (Wildman–Crippen MR) is 196 cm³/mol. The van der Waals surface area contributed by atoms with Crippen molar-refractivity contribution in [2.24, 2.45) is 12.0 Å². The number of aryl methyl sites for hydroxylation is 3. The lowest BCUT2D eigenvalue weighted by atomic mass is 10.1. The summed E-state index contributed by atoms with van der Waals surface area (Å²) in [6, 6.07) is 15.0. The van der Waals surface area contributed by atoms with Gasteiger partial charge in [0.2, 0.25) is 0 Å². The molecule has 0 aliphatic rings. The van der Waals surface area contributed by atoms with Gasteiger partial charge in [0.25, 0.3) is 16.7 Å². The molecule has 9 nitrogen and oxygen atoms in total. The van der Waals surface area contributed by atoms with Crippen LogP contribution in [0, 0.1) is 19.7 Å². The van der Waals surface area contributed by atoms with Crippen molar-refractivity contribution in [2.45, 2.75) is 46.3 Å². The highest BCUT2D eigenvalue weighted by molar-refractivity contribution is 8.14. The molecule has 3 amide bonds. The number of nitrogens with zero attached hydrogens (tertiary/aromatic N) is 5. The van der Waals surface area contributed by atoms with Crippen molar-refractivity contribution in [2.75, 3.05) is 23.0 Å². The highest BCUT2D eigenvalue weighted by atomic mass is 32.2. The van der Waals surface area contributed by atoms with E-state index >= 15 is 0 Å². The number of benzene rings is 3. The first-order valence-corrected chi connectivity index (χ1v) is 17.0. The van der Waals surface area contributed by atoms with Crippen molar-refractivity contribution in [3.05, 3.63) is 94.8 Å². The number of thioether (sulfide) groups is 1. The second-order valence-corrected chi connectivity index (χ2v) is 12.8. The number of thiol groups is 1. The van der Waals surface area contributed by atoms with Crippen molar-refractivity contribution in [3.8, 4) is 11.3 Å². The summed E-state index contributed by atoms with van der Waals surface area (Å²) in [7, 11) is 3.00. The number of aromatic nitrogens is 2. The van der Waals surface area contributed by atoms with Gasteiger partial charge < -0.3 is 5.32 Å². The van der Waals surface area contributed by atoms with Crippen LogP contribution in [0.1, 0.15) is 53.7 Å². The molecular weight excluding hydrogens is 693 g/mol. The average Bonchev–Trinajstić information content (AvgIpc) is 3.45. The first kappa shape index (κ1) is 40.0. The summed E-state index contributed by atoms with van der Waals surface area (Å²) < 4.78 is 54.5. The van der Waals surface area contributed by atoms with Crippen LogP contribution in [0.5, 0.6) is 0 Å². The second kappa shape index (κ2) is 18.0. The minimum absolute atomic E-state index is 0.0393. The third-order valence-electron chi connectivity index (χ3n) is 7.32. The summed E-state index contributed by atoms with van der Waals surface area (Å²) in [5.74, 6) is 0.0971. The van der Waals surface area contributed by atoms with Gasteiger partial charge in [0.1, 0.15) is 17.4 Å². The number of aliphatic imine (C=N–C) groups is 1. The molecule has 50 heavy (non-hydrogen) atoms. The number of anilines is 2. The summed E-state index contributed by atoms with van der Waals surface area (Å²) in [6.45, 7) is 7.71. The zero-order valence-corrected chi connectivity index (χ0v) is 30.2. The number of amides is 3. The normalized spacial score (nSPS) is 11.5. The zero-order valence-electron chi connectivity index (χ0n) is 28.5. The maximum absolute atomic E-state index is 14.8. The Morgan fingerprint density at radius 1 is 1.02 bits per heavy atom. The molecule has 3 aromatic carbocycles. The number of hydrogen-bond donors (Lipinski definition) is 2. The number of Topliss-reactive ketones (excluding diaryl/α,β-unsaturated/α-hetero) is 1. The number of hydrogen-bond acceptors (Lipinski definition) is 6. The molecule has 0 atom stereocenters. The summed E-state index contributed by atoms with van der Waals surface area (Å²) in [6.07, 6.45) is 1.19. The van der Waals surface area contributed by atoms with Gasteiger partial charge in [0.15, 0.2) is 0 Å². The van der Waals surface area contributed by atoms with Crippen LogP contribution in [0.4, 0.5) is 39.8 Å².